The van der Waals surface area contributed by atoms with Gasteiger partial charge >= 0.3 is 0 Å². The van der Waals surface area contributed by atoms with Gasteiger partial charge < -0.3 is 15.0 Å². The highest BCUT2D eigenvalue weighted by Crippen LogP contribution is 2.30. The molecule has 0 spiro atoms. The van der Waals surface area contributed by atoms with Crippen molar-refractivity contribution in [3.05, 3.63) is 36.0 Å². The summed E-state index contributed by atoms with van der Waals surface area (Å²) in [5.74, 6) is 1.47. The molecule has 2 heterocycles. The van der Waals surface area contributed by atoms with Gasteiger partial charge in [-0.05, 0) is 19.1 Å². The van der Waals surface area contributed by atoms with Crippen molar-refractivity contribution in [2.75, 3.05) is 29.9 Å². The molecule has 6 heteroatoms. The highest BCUT2D eigenvalue weighted by atomic mass is 16.5. The number of benzene rings is 1. The number of para-hydroxylation sites is 2. The zero-order valence-electron chi connectivity index (χ0n) is 12.2. The number of nitrogens with zero attached hydrogens (tertiary/aromatic N) is 3. The fourth-order valence-corrected chi connectivity index (χ4v) is 2.47. The average Bonchev–Trinajstić information content (AvgIpc) is 2.77. The molecule has 1 amide bonds. The maximum atomic E-state index is 12.2. The second-order valence-electron chi connectivity index (χ2n) is 5.08. The molecule has 0 saturated carbocycles. The van der Waals surface area contributed by atoms with Crippen LogP contribution >= 0.6 is 0 Å². The van der Waals surface area contributed by atoms with Gasteiger partial charge in [0.05, 0.1) is 24.5 Å². The lowest BCUT2D eigenvalue weighted by Gasteiger charge is -2.30. The summed E-state index contributed by atoms with van der Waals surface area (Å²) in [4.78, 5) is 14.2. The monoisotopic (exact) mass is 286 g/mol. The van der Waals surface area contributed by atoms with E-state index in [0.717, 1.165) is 17.1 Å². The lowest BCUT2D eigenvalue weighted by Crippen LogP contribution is -2.39. The number of carbonyl (C=O) groups excluding carboxylic acids is 1. The predicted octanol–water partition coefficient (Wildman–Crippen LogP) is 1.57. The van der Waals surface area contributed by atoms with Gasteiger partial charge in [0.1, 0.15) is 18.2 Å². The summed E-state index contributed by atoms with van der Waals surface area (Å²) < 4.78 is 7.26. The zero-order chi connectivity index (χ0) is 14.8. The molecule has 2 aromatic rings. The number of aryl methyl sites for hydroxylation is 2. The van der Waals surface area contributed by atoms with Crippen LogP contribution in [0, 0.1) is 6.92 Å². The van der Waals surface area contributed by atoms with Gasteiger partial charge in [-0.15, -0.1) is 0 Å². The highest BCUT2D eigenvalue weighted by molar-refractivity contribution is 5.93. The number of nitrogens with one attached hydrogen (secondary N) is 1. The van der Waals surface area contributed by atoms with Crippen molar-refractivity contribution in [1.82, 2.24) is 9.78 Å². The van der Waals surface area contributed by atoms with Gasteiger partial charge in [-0.25, -0.2) is 0 Å². The molecule has 1 aromatic carbocycles. The van der Waals surface area contributed by atoms with E-state index in [1.165, 1.54) is 0 Å². The van der Waals surface area contributed by atoms with E-state index in [2.05, 4.69) is 10.4 Å². The Hall–Kier alpha value is -2.50. The van der Waals surface area contributed by atoms with Crippen LogP contribution in [0.25, 0.3) is 0 Å². The van der Waals surface area contributed by atoms with Gasteiger partial charge in [0, 0.05) is 13.1 Å². The van der Waals surface area contributed by atoms with Gasteiger partial charge in [-0.3, -0.25) is 9.48 Å². The van der Waals surface area contributed by atoms with Crippen LogP contribution in [0.5, 0.6) is 5.75 Å². The Morgan fingerprint density at radius 1 is 1.43 bits per heavy atom. The van der Waals surface area contributed by atoms with Crippen molar-refractivity contribution < 1.29 is 9.53 Å². The molecule has 6 nitrogen and oxygen atoms in total. The predicted molar refractivity (Wildman–Crippen MR) is 80.7 cm³/mol. The first-order valence-electron chi connectivity index (χ1n) is 6.91. The smallest absolute Gasteiger partial charge is 0.245 e. The third-order valence-electron chi connectivity index (χ3n) is 3.43. The molecule has 0 bridgehead atoms. The molecule has 1 aromatic heterocycles. The molecule has 0 aliphatic carbocycles. The normalized spacial score (nSPS) is 13.5. The van der Waals surface area contributed by atoms with Crippen molar-refractivity contribution in [2.45, 2.75) is 6.92 Å². The number of fused-ring (bicyclic) bond motifs is 1. The van der Waals surface area contributed by atoms with Crippen molar-refractivity contribution in [3.8, 4) is 5.75 Å². The largest absolute Gasteiger partial charge is 0.490 e. The number of anilines is 2. The molecule has 0 saturated heterocycles. The number of carbonyl (C=O) groups is 1. The molecule has 1 aliphatic rings. The summed E-state index contributed by atoms with van der Waals surface area (Å²) in [7, 11) is 1.81. The van der Waals surface area contributed by atoms with E-state index in [0.29, 0.717) is 25.5 Å². The summed E-state index contributed by atoms with van der Waals surface area (Å²) in [5, 5.41) is 7.10. The van der Waals surface area contributed by atoms with Gasteiger partial charge in [0.15, 0.2) is 0 Å². The second kappa shape index (κ2) is 5.47. The number of hydrogen-bond donors (Lipinski definition) is 1. The Morgan fingerprint density at radius 3 is 3.00 bits per heavy atom. The summed E-state index contributed by atoms with van der Waals surface area (Å²) in [6, 6.07) is 9.62. The molecule has 3 rings (SSSR count). The van der Waals surface area contributed by atoms with Gasteiger partial charge in [-0.1, -0.05) is 12.1 Å². The summed E-state index contributed by atoms with van der Waals surface area (Å²) >= 11 is 0. The fraction of sp³-hybridized carbons (Fsp3) is 0.333. The first-order chi connectivity index (χ1) is 10.1. The van der Waals surface area contributed by atoms with E-state index in [1.54, 1.807) is 4.68 Å². The first kappa shape index (κ1) is 13.5. The minimum absolute atomic E-state index is 0.0605. The van der Waals surface area contributed by atoms with Gasteiger partial charge in [0.25, 0.3) is 0 Å². The lowest BCUT2D eigenvalue weighted by molar-refractivity contribution is -0.115. The SMILES string of the molecule is Cc1cc(NC(=O)CN2CCOc3ccccc32)n(C)n1. The molecule has 21 heavy (non-hydrogen) atoms. The van der Waals surface area contributed by atoms with Crippen LogP contribution in [-0.2, 0) is 11.8 Å². The topological polar surface area (TPSA) is 59.4 Å². The summed E-state index contributed by atoms with van der Waals surface area (Å²) in [6.07, 6.45) is 0. The van der Waals surface area contributed by atoms with Crippen LogP contribution < -0.4 is 15.0 Å². The standard InChI is InChI=1S/C15H18N4O2/c1-11-9-14(18(2)17-11)16-15(20)10-19-7-8-21-13-6-4-3-5-12(13)19/h3-6,9H,7-8,10H2,1-2H3,(H,16,20). The molecule has 1 aliphatic heterocycles. The van der Waals surface area contributed by atoms with E-state index < -0.39 is 0 Å². The van der Waals surface area contributed by atoms with E-state index in [-0.39, 0.29) is 5.91 Å². The van der Waals surface area contributed by atoms with Crippen LogP contribution in [0.4, 0.5) is 11.5 Å². The number of rotatable bonds is 3. The van der Waals surface area contributed by atoms with E-state index in [1.807, 2.05) is 49.2 Å². The van der Waals surface area contributed by atoms with Crippen LogP contribution in [0.1, 0.15) is 5.69 Å². The van der Waals surface area contributed by atoms with Crippen molar-refractivity contribution in [1.29, 1.82) is 0 Å². The molecule has 0 radical (unpaired) electrons. The molecular formula is C15H18N4O2. The third kappa shape index (κ3) is 2.84. The van der Waals surface area contributed by atoms with Crippen LogP contribution in [0.2, 0.25) is 0 Å². The number of aromatic nitrogens is 2. The van der Waals surface area contributed by atoms with Crippen molar-refractivity contribution >= 4 is 17.4 Å². The van der Waals surface area contributed by atoms with Gasteiger partial charge in [-0.2, -0.15) is 5.10 Å². The second-order valence-corrected chi connectivity index (χ2v) is 5.08. The summed E-state index contributed by atoms with van der Waals surface area (Å²) in [5.41, 5.74) is 1.84. The minimum atomic E-state index is -0.0605. The zero-order valence-corrected chi connectivity index (χ0v) is 12.2. The van der Waals surface area contributed by atoms with E-state index >= 15 is 0 Å². The van der Waals surface area contributed by atoms with Crippen molar-refractivity contribution in [2.24, 2.45) is 7.05 Å². The Balaban J connectivity index is 1.70. The Bertz CT molecular complexity index is 665. The van der Waals surface area contributed by atoms with Crippen molar-refractivity contribution in [3.63, 3.8) is 0 Å². The molecule has 0 fully saturated rings. The lowest BCUT2D eigenvalue weighted by atomic mass is 10.2. The van der Waals surface area contributed by atoms with E-state index in [4.69, 9.17) is 4.74 Å². The van der Waals surface area contributed by atoms with Crippen LogP contribution in [-0.4, -0.2) is 35.4 Å². The number of ether oxygens (including phenoxy) is 1. The molecular weight excluding hydrogens is 268 g/mol. The number of amides is 1. The molecule has 0 atom stereocenters. The molecule has 1 N–H and O–H groups in total. The van der Waals surface area contributed by atoms with E-state index in [9.17, 15) is 4.79 Å². The summed E-state index contributed by atoms with van der Waals surface area (Å²) in [6.45, 7) is 3.49. The van der Waals surface area contributed by atoms with Crippen LogP contribution in [0.3, 0.4) is 0 Å². The number of hydrogen-bond acceptors (Lipinski definition) is 4. The Morgan fingerprint density at radius 2 is 2.24 bits per heavy atom. The fourth-order valence-electron chi connectivity index (χ4n) is 2.47. The minimum Gasteiger partial charge on any atom is -0.490 e. The average molecular weight is 286 g/mol. The first-order valence-corrected chi connectivity index (χ1v) is 6.91. The maximum Gasteiger partial charge on any atom is 0.245 e. The van der Waals surface area contributed by atoms with Crippen LogP contribution in [0.15, 0.2) is 30.3 Å². The Kier molecular flexibility index (Phi) is 3.51. The maximum absolute atomic E-state index is 12.2. The van der Waals surface area contributed by atoms with Gasteiger partial charge in [0.2, 0.25) is 5.91 Å². The quantitative estimate of drug-likeness (QED) is 0.930. The highest BCUT2D eigenvalue weighted by Gasteiger charge is 2.20. The molecule has 110 valence electrons. The third-order valence-corrected chi connectivity index (χ3v) is 3.43. The molecule has 0 unspecified atom stereocenters. The Labute approximate surface area is 123 Å².